The zero-order valence-electron chi connectivity index (χ0n) is 14.6. The molecule has 130 valence electrons. The fourth-order valence-electron chi connectivity index (χ4n) is 3.22. The fraction of sp³-hybridized carbons (Fsp3) is 0.556. The molecule has 0 spiro atoms. The third-order valence-corrected chi connectivity index (χ3v) is 5.37. The zero-order valence-corrected chi connectivity index (χ0v) is 15.4. The van der Waals surface area contributed by atoms with Crippen molar-refractivity contribution in [2.24, 2.45) is 0 Å². The number of aromatic nitrogens is 2. The number of carbonyl (C=O) groups excluding carboxylic acids is 1. The zero-order chi connectivity index (χ0) is 17.1. The van der Waals surface area contributed by atoms with Crippen molar-refractivity contribution in [3.05, 3.63) is 34.6 Å². The molecule has 0 radical (unpaired) electrons. The lowest BCUT2D eigenvalue weighted by Crippen LogP contribution is -2.37. The molecule has 3 rings (SSSR count). The summed E-state index contributed by atoms with van der Waals surface area (Å²) < 4.78 is 7.08. The summed E-state index contributed by atoms with van der Waals surface area (Å²) in [7, 11) is 0. The quantitative estimate of drug-likeness (QED) is 0.771. The van der Waals surface area contributed by atoms with E-state index in [-0.39, 0.29) is 5.97 Å². The first-order valence-electron chi connectivity index (χ1n) is 8.63. The molecule has 1 aliphatic rings. The summed E-state index contributed by atoms with van der Waals surface area (Å²) >= 11 is 1.70. The average molecular weight is 347 g/mol. The number of thiazole rings is 1. The molecular formula is C18H25N3O2S. The summed E-state index contributed by atoms with van der Waals surface area (Å²) in [6, 6.07) is 2.43. The van der Waals surface area contributed by atoms with Crippen LogP contribution in [0.1, 0.15) is 54.9 Å². The number of aryl methyl sites for hydroxylation is 1. The van der Waals surface area contributed by atoms with Gasteiger partial charge >= 0.3 is 5.97 Å². The van der Waals surface area contributed by atoms with E-state index in [2.05, 4.69) is 17.2 Å². The van der Waals surface area contributed by atoms with Gasteiger partial charge in [-0.1, -0.05) is 0 Å². The van der Waals surface area contributed by atoms with Gasteiger partial charge in [0.2, 0.25) is 0 Å². The van der Waals surface area contributed by atoms with Crippen molar-refractivity contribution in [2.45, 2.75) is 52.6 Å². The lowest BCUT2D eigenvalue weighted by Gasteiger charge is -2.33. The Morgan fingerprint density at radius 1 is 1.46 bits per heavy atom. The molecule has 3 heterocycles. The van der Waals surface area contributed by atoms with Crippen LogP contribution in [-0.4, -0.2) is 34.7 Å². The van der Waals surface area contributed by atoms with Gasteiger partial charge in [0.15, 0.2) is 5.13 Å². The van der Waals surface area contributed by atoms with Gasteiger partial charge in [-0.05, 0) is 51.7 Å². The maximum absolute atomic E-state index is 12.1. The van der Waals surface area contributed by atoms with E-state index in [0.29, 0.717) is 24.9 Å². The number of ether oxygens (including phenoxy) is 1. The Bertz CT molecular complexity index is 707. The molecule has 0 bridgehead atoms. The molecule has 2 aromatic rings. The van der Waals surface area contributed by atoms with Crippen molar-refractivity contribution in [1.29, 1.82) is 0 Å². The lowest BCUT2D eigenvalue weighted by atomic mass is 10.1. The van der Waals surface area contributed by atoms with E-state index >= 15 is 0 Å². The highest BCUT2D eigenvalue weighted by atomic mass is 32.1. The van der Waals surface area contributed by atoms with Crippen LogP contribution in [0.2, 0.25) is 0 Å². The maximum atomic E-state index is 12.1. The highest BCUT2D eigenvalue weighted by Gasteiger charge is 2.21. The minimum atomic E-state index is -0.272. The Labute approximate surface area is 147 Å². The minimum absolute atomic E-state index is 0.272. The van der Waals surface area contributed by atoms with Crippen LogP contribution in [0, 0.1) is 6.92 Å². The number of piperidine rings is 1. The molecule has 1 aliphatic heterocycles. The highest BCUT2D eigenvalue weighted by molar-refractivity contribution is 7.13. The molecule has 1 unspecified atom stereocenters. The van der Waals surface area contributed by atoms with Gasteiger partial charge in [-0.2, -0.15) is 0 Å². The minimum Gasteiger partial charge on any atom is -0.461 e. The summed E-state index contributed by atoms with van der Waals surface area (Å²) in [6.07, 6.45) is 5.76. The van der Waals surface area contributed by atoms with Crippen LogP contribution in [0.3, 0.4) is 0 Å². The topological polar surface area (TPSA) is 47.4 Å². The van der Waals surface area contributed by atoms with Crippen LogP contribution in [0.4, 0.5) is 5.13 Å². The molecule has 0 amide bonds. The summed E-state index contributed by atoms with van der Waals surface area (Å²) in [6.45, 7) is 8.16. The molecule has 24 heavy (non-hydrogen) atoms. The third-order valence-electron chi connectivity index (χ3n) is 4.44. The van der Waals surface area contributed by atoms with Gasteiger partial charge in [0, 0.05) is 24.2 Å². The number of esters is 1. The molecule has 0 aromatic carbocycles. The van der Waals surface area contributed by atoms with E-state index < -0.39 is 0 Å². The van der Waals surface area contributed by atoms with E-state index in [9.17, 15) is 4.79 Å². The first-order chi connectivity index (χ1) is 11.6. The lowest BCUT2D eigenvalue weighted by molar-refractivity contribution is 0.0514. The molecule has 1 fully saturated rings. The number of hydrogen-bond donors (Lipinski definition) is 0. The highest BCUT2D eigenvalue weighted by Crippen LogP contribution is 2.28. The van der Waals surface area contributed by atoms with Gasteiger partial charge in [0.1, 0.15) is 5.69 Å². The van der Waals surface area contributed by atoms with Gasteiger partial charge in [-0.25, -0.2) is 9.78 Å². The fourth-order valence-corrected chi connectivity index (χ4v) is 4.17. The Hall–Kier alpha value is -1.82. The van der Waals surface area contributed by atoms with Crippen molar-refractivity contribution >= 4 is 22.4 Å². The normalized spacial score (nSPS) is 18.0. The number of hydrogen-bond acceptors (Lipinski definition) is 5. The van der Waals surface area contributed by atoms with Gasteiger partial charge < -0.3 is 14.2 Å². The summed E-state index contributed by atoms with van der Waals surface area (Å²) in [4.78, 5) is 19.3. The molecule has 0 aliphatic carbocycles. The van der Waals surface area contributed by atoms with E-state index in [1.54, 1.807) is 11.3 Å². The molecule has 5 nitrogen and oxygen atoms in total. The first kappa shape index (κ1) is 17.0. The third kappa shape index (κ3) is 3.64. The first-order valence-corrected chi connectivity index (χ1v) is 9.51. The predicted molar refractivity (Wildman–Crippen MR) is 97.0 cm³/mol. The van der Waals surface area contributed by atoms with Crippen LogP contribution in [0.25, 0.3) is 0 Å². The molecule has 0 N–H and O–H groups in total. The molecule has 2 aromatic heterocycles. The largest absolute Gasteiger partial charge is 0.461 e. The van der Waals surface area contributed by atoms with E-state index in [0.717, 1.165) is 22.9 Å². The Balaban J connectivity index is 1.76. The van der Waals surface area contributed by atoms with Crippen LogP contribution in [-0.2, 0) is 11.3 Å². The summed E-state index contributed by atoms with van der Waals surface area (Å²) in [5, 5.41) is 3.19. The second kappa shape index (κ2) is 7.38. The Kier molecular flexibility index (Phi) is 5.23. The molecule has 0 saturated carbocycles. The SMILES string of the molecule is CCOC(=O)c1cc(C)cn1Cc1csc(N2CCCCC2C)n1. The van der Waals surface area contributed by atoms with Crippen molar-refractivity contribution in [1.82, 2.24) is 9.55 Å². The van der Waals surface area contributed by atoms with Crippen molar-refractivity contribution in [3.8, 4) is 0 Å². The monoisotopic (exact) mass is 347 g/mol. The number of rotatable bonds is 5. The second-order valence-electron chi connectivity index (χ2n) is 6.41. The van der Waals surface area contributed by atoms with Crippen LogP contribution < -0.4 is 4.90 Å². The molecule has 1 atom stereocenters. The summed E-state index contributed by atoms with van der Waals surface area (Å²) in [5.41, 5.74) is 2.64. The van der Waals surface area contributed by atoms with E-state index in [1.807, 2.05) is 30.7 Å². The van der Waals surface area contributed by atoms with Crippen LogP contribution >= 0.6 is 11.3 Å². The standard InChI is InChI=1S/C18H25N3O2S/c1-4-23-17(22)16-9-13(2)10-20(16)11-15-12-24-18(19-15)21-8-6-5-7-14(21)3/h9-10,12,14H,4-8,11H2,1-3H3. The summed E-state index contributed by atoms with van der Waals surface area (Å²) in [5.74, 6) is -0.272. The maximum Gasteiger partial charge on any atom is 0.354 e. The van der Waals surface area contributed by atoms with Gasteiger partial charge in [-0.15, -0.1) is 11.3 Å². The van der Waals surface area contributed by atoms with Crippen LogP contribution in [0.15, 0.2) is 17.6 Å². The molecule has 6 heteroatoms. The smallest absolute Gasteiger partial charge is 0.354 e. The second-order valence-corrected chi connectivity index (χ2v) is 7.25. The number of nitrogens with zero attached hydrogens (tertiary/aromatic N) is 3. The molecule has 1 saturated heterocycles. The van der Waals surface area contributed by atoms with Crippen molar-refractivity contribution < 1.29 is 9.53 Å². The van der Waals surface area contributed by atoms with Gasteiger partial charge in [-0.3, -0.25) is 0 Å². The number of anilines is 1. The predicted octanol–water partition coefficient (Wildman–Crippen LogP) is 3.86. The van der Waals surface area contributed by atoms with E-state index in [4.69, 9.17) is 9.72 Å². The molecular weight excluding hydrogens is 322 g/mol. The van der Waals surface area contributed by atoms with E-state index in [1.165, 1.54) is 19.3 Å². The van der Waals surface area contributed by atoms with Crippen molar-refractivity contribution in [3.63, 3.8) is 0 Å². The Morgan fingerprint density at radius 3 is 3.04 bits per heavy atom. The van der Waals surface area contributed by atoms with Gasteiger partial charge in [0.25, 0.3) is 0 Å². The Morgan fingerprint density at radius 2 is 2.29 bits per heavy atom. The van der Waals surface area contributed by atoms with Crippen LogP contribution in [0.5, 0.6) is 0 Å². The number of carbonyl (C=O) groups is 1. The van der Waals surface area contributed by atoms with Gasteiger partial charge in [0.05, 0.1) is 18.8 Å². The van der Waals surface area contributed by atoms with Crippen molar-refractivity contribution in [2.75, 3.05) is 18.1 Å². The average Bonchev–Trinajstić information content (AvgIpc) is 3.15.